The average Bonchev–Trinajstić information content (AvgIpc) is 2.25. The lowest BCUT2D eigenvalue weighted by Crippen LogP contribution is -1.81. The minimum Gasteiger partial charge on any atom is -0.497 e. The van der Waals surface area contributed by atoms with E-state index in [2.05, 4.69) is 6.29 Å². The van der Waals surface area contributed by atoms with Crippen LogP contribution in [0.4, 0.5) is 0 Å². The molecule has 1 aromatic carbocycles. The predicted octanol–water partition coefficient (Wildman–Crippen LogP) is 2.37. The Morgan fingerprint density at radius 3 is 2.64 bits per heavy atom. The number of rotatable bonds is 4. The van der Waals surface area contributed by atoms with Gasteiger partial charge in [-0.15, -0.1) is 6.08 Å². The van der Waals surface area contributed by atoms with Gasteiger partial charge in [0.05, 0.1) is 7.11 Å². The predicted molar refractivity (Wildman–Crippen MR) is 58.3 cm³/mol. The molecule has 2 heteroatoms. The van der Waals surface area contributed by atoms with Gasteiger partial charge >= 0.3 is 0 Å². The maximum atomic E-state index is 5.06. The lowest BCUT2D eigenvalue weighted by Gasteiger charge is -1.98. The lowest BCUT2D eigenvalue weighted by molar-refractivity contribution is 0.182. The first-order valence-corrected chi connectivity index (χ1v) is 4.43. The van der Waals surface area contributed by atoms with E-state index >= 15 is 0 Å². The number of benzene rings is 1. The number of allylic oxidation sites excluding steroid dienone is 1. The highest BCUT2D eigenvalue weighted by molar-refractivity contribution is 5.59. The van der Waals surface area contributed by atoms with Crippen molar-refractivity contribution in [1.29, 1.82) is 0 Å². The summed E-state index contributed by atoms with van der Waals surface area (Å²) in [5.41, 5.74) is 1.14. The van der Waals surface area contributed by atoms with Gasteiger partial charge in [0.25, 0.3) is 0 Å². The first-order chi connectivity index (χ1) is 6.86. The molecular weight excluding hydrogens is 176 g/mol. The third-order valence-electron chi connectivity index (χ3n) is 1.77. The minimum absolute atomic E-state index is 0.697. The summed E-state index contributed by atoms with van der Waals surface area (Å²) in [5, 5.41) is 0. The van der Waals surface area contributed by atoms with Gasteiger partial charge in [0, 0.05) is 0 Å². The van der Waals surface area contributed by atoms with Crippen LogP contribution in [-0.4, -0.2) is 20.5 Å². The van der Waals surface area contributed by atoms with E-state index in [-0.39, 0.29) is 0 Å². The van der Waals surface area contributed by atoms with Crippen molar-refractivity contribution in [3.8, 4) is 5.75 Å². The molecule has 0 fully saturated rings. The zero-order valence-electron chi connectivity index (χ0n) is 8.49. The van der Waals surface area contributed by atoms with E-state index in [4.69, 9.17) is 9.16 Å². The Morgan fingerprint density at radius 1 is 1.36 bits per heavy atom. The Hall–Kier alpha value is -1.57. The quantitative estimate of drug-likeness (QED) is 0.527. The van der Waals surface area contributed by atoms with Crippen molar-refractivity contribution in [2.45, 2.75) is 6.42 Å². The number of ether oxygens (including phenoxy) is 1. The summed E-state index contributed by atoms with van der Waals surface area (Å²) in [6.45, 7) is 0. The van der Waals surface area contributed by atoms with Crippen LogP contribution in [0, 0.1) is 0 Å². The fraction of sp³-hybridized carbons (Fsp3) is 0.250. The molecule has 0 heterocycles. The van der Waals surface area contributed by atoms with Crippen LogP contribution in [0.3, 0.4) is 0 Å². The van der Waals surface area contributed by atoms with E-state index in [1.807, 2.05) is 36.4 Å². The SMILES string of the molecule is COc1ccc(/C=C/C[C-]=[O+]C)cc1. The van der Waals surface area contributed by atoms with Gasteiger partial charge in [-0.2, -0.15) is 0 Å². The Kier molecular flexibility index (Phi) is 4.48. The second kappa shape index (κ2) is 5.97. The van der Waals surface area contributed by atoms with E-state index in [1.165, 1.54) is 0 Å². The highest BCUT2D eigenvalue weighted by Gasteiger charge is 1.88. The molecule has 0 atom stereocenters. The standard InChI is InChI=1S/C12H14O2/c1-13-10-4-3-5-11-6-8-12(14-2)9-7-11/h3,5-9H,4H2,1-2H3/b5-3+. The monoisotopic (exact) mass is 190 g/mol. The summed E-state index contributed by atoms with van der Waals surface area (Å²) < 4.78 is 9.75. The molecule has 0 aliphatic rings. The van der Waals surface area contributed by atoms with Gasteiger partial charge in [0.1, 0.15) is 5.75 Å². The van der Waals surface area contributed by atoms with Crippen molar-refractivity contribution >= 4 is 12.4 Å². The summed E-state index contributed by atoms with van der Waals surface area (Å²) in [6.07, 6.45) is 7.44. The topological polar surface area (TPSA) is 20.5 Å². The zero-order chi connectivity index (χ0) is 10.2. The van der Waals surface area contributed by atoms with E-state index in [9.17, 15) is 0 Å². The average molecular weight is 190 g/mol. The van der Waals surface area contributed by atoms with E-state index in [0.29, 0.717) is 6.42 Å². The third-order valence-corrected chi connectivity index (χ3v) is 1.77. The van der Waals surface area contributed by atoms with Crippen molar-refractivity contribution in [2.24, 2.45) is 0 Å². The Balaban J connectivity index is 2.55. The van der Waals surface area contributed by atoms with Gasteiger partial charge in [0.15, 0.2) is 0 Å². The van der Waals surface area contributed by atoms with Crippen molar-refractivity contribution in [3.05, 3.63) is 35.9 Å². The summed E-state index contributed by atoms with van der Waals surface area (Å²) >= 11 is 0. The van der Waals surface area contributed by atoms with Crippen LogP contribution >= 0.6 is 0 Å². The molecule has 0 amide bonds. The smallest absolute Gasteiger partial charge is 0.208 e. The second-order valence-electron chi connectivity index (χ2n) is 2.73. The number of hydrogen-bond donors (Lipinski definition) is 0. The second-order valence-corrected chi connectivity index (χ2v) is 2.73. The van der Waals surface area contributed by atoms with Crippen molar-refractivity contribution < 1.29 is 9.16 Å². The number of methoxy groups -OCH3 is 1. The van der Waals surface area contributed by atoms with Crippen LogP contribution in [0.5, 0.6) is 5.75 Å². The molecule has 0 bridgehead atoms. The van der Waals surface area contributed by atoms with Crippen molar-refractivity contribution in [2.75, 3.05) is 14.2 Å². The fourth-order valence-corrected chi connectivity index (χ4v) is 1.04. The third kappa shape index (κ3) is 3.44. The molecule has 0 aliphatic carbocycles. The van der Waals surface area contributed by atoms with Crippen LogP contribution in [-0.2, 0) is 4.42 Å². The normalized spacial score (nSPS) is 11.3. The van der Waals surface area contributed by atoms with Crippen molar-refractivity contribution in [3.63, 3.8) is 0 Å². The van der Waals surface area contributed by atoms with Crippen LogP contribution in [0.1, 0.15) is 12.0 Å². The van der Waals surface area contributed by atoms with Crippen LogP contribution in [0.25, 0.3) is 6.08 Å². The van der Waals surface area contributed by atoms with E-state index < -0.39 is 0 Å². The van der Waals surface area contributed by atoms with Gasteiger partial charge in [0.2, 0.25) is 7.11 Å². The van der Waals surface area contributed by atoms with Gasteiger partial charge in [-0.05, 0) is 24.0 Å². The molecule has 1 aromatic rings. The molecule has 0 spiro atoms. The summed E-state index contributed by atoms with van der Waals surface area (Å²) in [5.74, 6) is 0.872. The summed E-state index contributed by atoms with van der Waals surface area (Å²) in [4.78, 5) is 0. The minimum atomic E-state index is 0.697. The molecule has 0 aliphatic heterocycles. The highest BCUT2D eigenvalue weighted by atomic mass is 16.5. The van der Waals surface area contributed by atoms with E-state index in [0.717, 1.165) is 11.3 Å². The molecule has 2 nitrogen and oxygen atoms in total. The molecule has 74 valence electrons. The number of carbonyl (C=O) groups excluding carboxylic acids is 1. The lowest BCUT2D eigenvalue weighted by atomic mass is 10.2. The molecule has 14 heavy (non-hydrogen) atoms. The Bertz CT molecular complexity index is 310. The number of hydrogen-bond acceptors (Lipinski definition) is 1. The molecule has 0 saturated heterocycles. The first-order valence-electron chi connectivity index (χ1n) is 4.43. The Labute approximate surface area is 84.5 Å². The maximum absolute atomic E-state index is 5.06. The molecule has 0 radical (unpaired) electrons. The highest BCUT2D eigenvalue weighted by Crippen LogP contribution is 2.12. The van der Waals surface area contributed by atoms with Gasteiger partial charge in [-0.1, -0.05) is 24.6 Å². The van der Waals surface area contributed by atoms with Gasteiger partial charge in [-0.3, -0.25) is 0 Å². The molecule has 0 N–H and O–H groups in total. The molecule has 0 aromatic heterocycles. The van der Waals surface area contributed by atoms with Crippen LogP contribution in [0.15, 0.2) is 30.3 Å². The van der Waals surface area contributed by atoms with Crippen LogP contribution < -0.4 is 4.74 Å². The van der Waals surface area contributed by atoms with Crippen molar-refractivity contribution in [1.82, 2.24) is 0 Å². The largest absolute Gasteiger partial charge is 0.497 e. The Morgan fingerprint density at radius 2 is 2.07 bits per heavy atom. The molecular formula is C12H14O2. The van der Waals surface area contributed by atoms with E-state index in [1.54, 1.807) is 14.2 Å². The molecule has 0 saturated carbocycles. The maximum Gasteiger partial charge on any atom is 0.208 e. The summed E-state index contributed by atoms with van der Waals surface area (Å²) in [7, 11) is 3.26. The van der Waals surface area contributed by atoms with Gasteiger partial charge in [-0.25, -0.2) is 0 Å². The first kappa shape index (κ1) is 10.5. The van der Waals surface area contributed by atoms with Gasteiger partial charge < -0.3 is 9.16 Å². The fourth-order valence-electron chi connectivity index (χ4n) is 1.04. The zero-order valence-corrected chi connectivity index (χ0v) is 8.49. The molecule has 1 rings (SSSR count). The van der Waals surface area contributed by atoms with Crippen LogP contribution in [0.2, 0.25) is 0 Å². The molecule has 0 unspecified atom stereocenters. The summed E-state index contributed by atoms with van der Waals surface area (Å²) in [6, 6.07) is 7.87.